The lowest BCUT2D eigenvalue weighted by molar-refractivity contribution is -0.137. The van der Waals surface area contributed by atoms with Crippen LogP contribution in [0.5, 0.6) is 0 Å². The number of hydrogen-bond donors (Lipinski definition) is 2. The Hall–Kier alpha value is -2.06. The molecular formula is C29H38ClF3N4O. The SMILES string of the molecule is CC(C)(C)n1ccc(C2C[C@@H](C(=O)NC34CC5CC(CC(C5)C3)C4)N[C@H]2c2ccc(C(F)(F)F)cc2)n1.Cl. The first-order valence-corrected chi connectivity index (χ1v) is 13.7. The number of carbonyl (C=O) groups excluding carboxylic acids is 1. The Morgan fingerprint density at radius 1 is 0.974 bits per heavy atom. The third-order valence-corrected chi connectivity index (χ3v) is 9.29. The summed E-state index contributed by atoms with van der Waals surface area (Å²) in [6.45, 7) is 6.23. The smallest absolute Gasteiger partial charge is 0.349 e. The van der Waals surface area contributed by atoms with Gasteiger partial charge < -0.3 is 5.32 Å². The normalized spacial score (nSPS) is 34.3. The molecule has 2 N–H and O–H groups in total. The Bertz CT molecular complexity index is 1130. The van der Waals surface area contributed by atoms with Crippen LogP contribution in [-0.2, 0) is 16.5 Å². The van der Waals surface area contributed by atoms with E-state index in [1.807, 2.05) is 16.9 Å². The van der Waals surface area contributed by atoms with Gasteiger partial charge in [-0.05, 0) is 107 Å². The van der Waals surface area contributed by atoms with Gasteiger partial charge in [0.15, 0.2) is 0 Å². The van der Waals surface area contributed by atoms with Crippen molar-refractivity contribution in [2.24, 2.45) is 17.8 Å². The maximum atomic E-state index is 13.7. The summed E-state index contributed by atoms with van der Waals surface area (Å²) in [5, 5.41) is 11.8. The fraction of sp³-hybridized carbons (Fsp3) is 0.655. The van der Waals surface area contributed by atoms with Crippen LogP contribution in [0.15, 0.2) is 36.5 Å². The van der Waals surface area contributed by atoms with E-state index in [0.29, 0.717) is 6.42 Å². The van der Waals surface area contributed by atoms with Crippen molar-refractivity contribution in [1.29, 1.82) is 0 Å². The first-order valence-electron chi connectivity index (χ1n) is 13.7. The van der Waals surface area contributed by atoms with Crippen LogP contribution >= 0.6 is 12.4 Å². The summed E-state index contributed by atoms with van der Waals surface area (Å²) in [7, 11) is 0. The van der Waals surface area contributed by atoms with E-state index < -0.39 is 17.8 Å². The summed E-state index contributed by atoms with van der Waals surface area (Å²) in [4.78, 5) is 13.7. The number of amides is 1. The fourth-order valence-electron chi connectivity index (χ4n) is 7.99. The molecular weight excluding hydrogens is 513 g/mol. The van der Waals surface area contributed by atoms with Crippen molar-refractivity contribution in [2.75, 3.05) is 0 Å². The third-order valence-electron chi connectivity index (χ3n) is 9.29. The molecule has 1 aromatic heterocycles. The lowest BCUT2D eigenvalue weighted by atomic mass is 9.53. The molecule has 1 unspecified atom stereocenters. The molecule has 38 heavy (non-hydrogen) atoms. The number of carbonyl (C=O) groups is 1. The second kappa shape index (κ2) is 9.54. The maximum absolute atomic E-state index is 13.7. The first-order chi connectivity index (χ1) is 17.4. The topological polar surface area (TPSA) is 59.0 Å². The minimum absolute atomic E-state index is 0. The number of aromatic nitrogens is 2. The Morgan fingerprint density at radius 3 is 2.05 bits per heavy atom. The van der Waals surface area contributed by atoms with Crippen LogP contribution in [0.3, 0.4) is 0 Å². The van der Waals surface area contributed by atoms with Crippen molar-refractivity contribution in [2.45, 2.75) is 101 Å². The molecule has 7 rings (SSSR count). The number of nitrogens with one attached hydrogen (secondary N) is 2. The van der Waals surface area contributed by atoms with E-state index in [1.165, 1.54) is 31.4 Å². The number of hydrogen-bond acceptors (Lipinski definition) is 3. The predicted octanol–water partition coefficient (Wildman–Crippen LogP) is 6.35. The summed E-state index contributed by atoms with van der Waals surface area (Å²) in [6.07, 6.45) is 5.30. The summed E-state index contributed by atoms with van der Waals surface area (Å²) >= 11 is 0. The highest BCUT2D eigenvalue weighted by molar-refractivity contribution is 5.85. The third kappa shape index (κ3) is 5.10. The molecule has 3 atom stereocenters. The Labute approximate surface area is 228 Å². The van der Waals surface area contributed by atoms with Crippen LogP contribution < -0.4 is 10.6 Å². The van der Waals surface area contributed by atoms with E-state index in [4.69, 9.17) is 5.10 Å². The molecule has 2 heterocycles. The lowest BCUT2D eigenvalue weighted by Gasteiger charge is -2.57. The molecule has 208 valence electrons. The van der Waals surface area contributed by atoms with E-state index >= 15 is 0 Å². The van der Waals surface area contributed by atoms with Crippen molar-refractivity contribution in [3.8, 4) is 0 Å². The van der Waals surface area contributed by atoms with Gasteiger partial charge in [-0.3, -0.25) is 14.8 Å². The summed E-state index contributed by atoms with van der Waals surface area (Å²) in [5.74, 6) is 2.11. The highest BCUT2D eigenvalue weighted by atomic mass is 35.5. The van der Waals surface area contributed by atoms with Gasteiger partial charge in [0, 0.05) is 23.7 Å². The molecule has 1 aromatic carbocycles. The van der Waals surface area contributed by atoms with Gasteiger partial charge in [-0.15, -0.1) is 12.4 Å². The number of alkyl halides is 3. The van der Waals surface area contributed by atoms with Crippen LogP contribution in [0.25, 0.3) is 0 Å². The fourth-order valence-corrected chi connectivity index (χ4v) is 7.99. The average Bonchev–Trinajstić information content (AvgIpc) is 3.45. The van der Waals surface area contributed by atoms with Gasteiger partial charge in [-0.2, -0.15) is 18.3 Å². The van der Waals surface area contributed by atoms with Crippen molar-refractivity contribution in [3.63, 3.8) is 0 Å². The van der Waals surface area contributed by atoms with E-state index in [2.05, 4.69) is 31.4 Å². The van der Waals surface area contributed by atoms with Gasteiger partial charge in [0.1, 0.15) is 0 Å². The number of nitrogens with zero attached hydrogens (tertiary/aromatic N) is 2. The molecule has 0 radical (unpaired) electrons. The molecule has 9 heteroatoms. The zero-order chi connectivity index (χ0) is 26.2. The Kier molecular flexibility index (Phi) is 6.91. The van der Waals surface area contributed by atoms with Crippen molar-refractivity contribution < 1.29 is 18.0 Å². The van der Waals surface area contributed by atoms with E-state index in [-0.39, 0.29) is 41.4 Å². The lowest BCUT2D eigenvalue weighted by Crippen LogP contribution is -2.62. The number of benzene rings is 1. The molecule has 5 fully saturated rings. The van der Waals surface area contributed by atoms with Crippen LogP contribution in [0.2, 0.25) is 0 Å². The Balaban J connectivity index is 0.00000294. The number of halogens is 4. The summed E-state index contributed by atoms with van der Waals surface area (Å²) in [5.41, 5.74) is 0.664. The van der Waals surface area contributed by atoms with Gasteiger partial charge >= 0.3 is 6.18 Å². The maximum Gasteiger partial charge on any atom is 0.416 e. The van der Waals surface area contributed by atoms with Gasteiger partial charge in [0.05, 0.1) is 22.8 Å². The zero-order valence-corrected chi connectivity index (χ0v) is 23.0. The molecule has 1 aliphatic heterocycles. The van der Waals surface area contributed by atoms with E-state index in [9.17, 15) is 18.0 Å². The van der Waals surface area contributed by atoms with Gasteiger partial charge in [0.25, 0.3) is 0 Å². The molecule has 5 aliphatic rings. The largest absolute Gasteiger partial charge is 0.416 e. The summed E-state index contributed by atoms with van der Waals surface area (Å²) < 4.78 is 41.5. The molecule has 5 nitrogen and oxygen atoms in total. The quantitative estimate of drug-likeness (QED) is 0.466. The molecule has 4 bridgehead atoms. The van der Waals surface area contributed by atoms with Crippen molar-refractivity contribution in [1.82, 2.24) is 20.4 Å². The molecule has 2 aromatic rings. The molecule has 1 saturated heterocycles. The monoisotopic (exact) mass is 550 g/mol. The van der Waals surface area contributed by atoms with Gasteiger partial charge in [-0.1, -0.05) is 12.1 Å². The minimum Gasteiger partial charge on any atom is -0.349 e. The van der Waals surface area contributed by atoms with Crippen molar-refractivity contribution >= 4 is 18.3 Å². The molecule has 1 amide bonds. The van der Waals surface area contributed by atoms with Crippen molar-refractivity contribution in [3.05, 3.63) is 53.3 Å². The second-order valence-electron chi connectivity index (χ2n) is 13.2. The van der Waals surface area contributed by atoms with Gasteiger partial charge in [-0.25, -0.2) is 0 Å². The minimum atomic E-state index is -4.38. The molecule has 4 aliphatic carbocycles. The first kappa shape index (κ1) is 27.5. The van der Waals surface area contributed by atoms with E-state index in [1.54, 1.807) is 0 Å². The average molecular weight is 551 g/mol. The van der Waals surface area contributed by atoms with Crippen LogP contribution in [0, 0.1) is 17.8 Å². The summed E-state index contributed by atoms with van der Waals surface area (Å²) in [6, 6.07) is 6.60. The number of rotatable bonds is 4. The molecule has 0 spiro atoms. The zero-order valence-electron chi connectivity index (χ0n) is 22.2. The highest BCUT2D eigenvalue weighted by Gasteiger charge is 2.52. The van der Waals surface area contributed by atoms with Crippen LogP contribution in [0.1, 0.15) is 94.5 Å². The highest BCUT2D eigenvalue weighted by Crippen LogP contribution is 2.55. The van der Waals surface area contributed by atoms with Crippen LogP contribution in [0.4, 0.5) is 13.2 Å². The second-order valence-corrected chi connectivity index (χ2v) is 13.2. The van der Waals surface area contributed by atoms with E-state index in [0.717, 1.165) is 60.4 Å². The standard InChI is InChI=1S/C29H37F3N4O.ClH/c1-27(2,3)36-9-8-23(35-36)22-13-24(33-25(22)20-4-6-21(7-5-20)29(30,31)32)26(37)34-28-14-17-10-18(15-28)12-19(11-17)16-28;/h4-9,17-19,22,24-25,33H,10-16H2,1-3H3,(H,34,37);1H/t17?,18?,19?,22?,24-,25-,28?;/m0./s1. The van der Waals surface area contributed by atoms with Crippen LogP contribution in [-0.4, -0.2) is 27.3 Å². The Morgan fingerprint density at radius 2 is 1.55 bits per heavy atom. The predicted molar refractivity (Wildman–Crippen MR) is 142 cm³/mol. The van der Waals surface area contributed by atoms with Gasteiger partial charge in [0.2, 0.25) is 5.91 Å². The molecule has 4 saturated carbocycles.